The molecule has 0 saturated heterocycles. The fourth-order valence-corrected chi connectivity index (χ4v) is 1.06. The van der Waals surface area contributed by atoms with Gasteiger partial charge in [-0.3, -0.25) is 4.79 Å². The van der Waals surface area contributed by atoms with Crippen molar-refractivity contribution in [3.63, 3.8) is 0 Å². The maximum Gasteiger partial charge on any atom is 0.330 e. The number of amides is 1. The first-order chi connectivity index (χ1) is 7.60. The minimum absolute atomic E-state index is 0.00218. The molecule has 7 heteroatoms. The molecular formula is C9H12N2O5. The van der Waals surface area contributed by atoms with Crippen molar-refractivity contribution in [2.24, 2.45) is 0 Å². The smallest absolute Gasteiger partial charge is 0.330 e. The molecule has 0 bridgehead atoms. The fourth-order valence-electron chi connectivity index (χ4n) is 1.06. The molecule has 0 radical (unpaired) electrons. The van der Waals surface area contributed by atoms with Crippen LogP contribution in [-0.2, 0) is 9.53 Å². The molecule has 2 N–H and O–H groups in total. The Bertz CT molecular complexity index is 387. The van der Waals surface area contributed by atoms with Crippen molar-refractivity contribution >= 4 is 11.9 Å². The number of nitrogens with zero attached hydrogens (tertiary/aromatic N) is 1. The Morgan fingerprint density at radius 1 is 1.69 bits per heavy atom. The van der Waals surface area contributed by atoms with E-state index in [1.165, 1.54) is 0 Å². The molecule has 7 nitrogen and oxygen atoms in total. The summed E-state index contributed by atoms with van der Waals surface area (Å²) >= 11 is 0. The lowest BCUT2D eigenvalue weighted by molar-refractivity contribution is -0.143. The zero-order chi connectivity index (χ0) is 12.1. The number of hydrogen-bond donors (Lipinski definition) is 2. The van der Waals surface area contributed by atoms with Crippen LogP contribution >= 0.6 is 0 Å². The van der Waals surface area contributed by atoms with E-state index in [0.717, 1.165) is 13.5 Å². The van der Waals surface area contributed by atoms with E-state index >= 15 is 0 Å². The molecule has 1 aromatic rings. The van der Waals surface area contributed by atoms with Crippen LogP contribution < -0.4 is 5.32 Å². The summed E-state index contributed by atoms with van der Waals surface area (Å²) in [4.78, 5) is 26.4. The van der Waals surface area contributed by atoms with Crippen molar-refractivity contribution < 1.29 is 23.8 Å². The molecule has 1 aromatic heterocycles. The summed E-state index contributed by atoms with van der Waals surface area (Å²) in [5, 5.41) is 11.1. The van der Waals surface area contributed by atoms with Crippen LogP contribution in [0.25, 0.3) is 0 Å². The Hall–Kier alpha value is -1.89. The molecular weight excluding hydrogens is 216 g/mol. The first-order valence-corrected chi connectivity index (χ1v) is 4.49. The first-order valence-electron chi connectivity index (χ1n) is 4.49. The molecule has 0 spiro atoms. The van der Waals surface area contributed by atoms with Gasteiger partial charge in [0.05, 0.1) is 19.4 Å². The van der Waals surface area contributed by atoms with Gasteiger partial charge >= 0.3 is 5.97 Å². The Morgan fingerprint density at radius 2 is 2.38 bits per heavy atom. The number of aliphatic hydroxyl groups excluding tert-OH is 1. The van der Waals surface area contributed by atoms with Gasteiger partial charge in [0.2, 0.25) is 5.76 Å². The zero-order valence-electron chi connectivity index (χ0n) is 8.89. The predicted molar refractivity (Wildman–Crippen MR) is 51.6 cm³/mol. The molecule has 0 aliphatic heterocycles. The van der Waals surface area contributed by atoms with Crippen molar-refractivity contribution in [2.75, 3.05) is 13.7 Å². The number of hydrogen-bond acceptors (Lipinski definition) is 6. The van der Waals surface area contributed by atoms with Gasteiger partial charge in [-0.2, -0.15) is 0 Å². The summed E-state index contributed by atoms with van der Waals surface area (Å²) in [6.07, 6.45) is 1.12. The van der Waals surface area contributed by atoms with Crippen LogP contribution in [0.3, 0.4) is 0 Å². The van der Waals surface area contributed by atoms with Crippen LogP contribution in [0, 0.1) is 6.92 Å². The highest BCUT2D eigenvalue weighted by molar-refractivity contribution is 5.95. The van der Waals surface area contributed by atoms with Gasteiger partial charge in [0.15, 0.2) is 12.4 Å². The maximum atomic E-state index is 11.6. The van der Waals surface area contributed by atoms with Crippen LogP contribution in [0.15, 0.2) is 10.8 Å². The lowest BCUT2D eigenvalue weighted by Gasteiger charge is -2.12. The molecule has 1 amide bonds. The summed E-state index contributed by atoms with van der Waals surface area (Å²) in [5.74, 6) is -1.35. The highest BCUT2D eigenvalue weighted by Crippen LogP contribution is 2.04. The number of esters is 1. The Balaban J connectivity index is 2.70. The number of aromatic nitrogens is 1. The number of oxazole rings is 1. The predicted octanol–water partition coefficient (Wildman–Crippen LogP) is -0.753. The van der Waals surface area contributed by atoms with Crippen molar-refractivity contribution in [3.8, 4) is 0 Å². The third-order valence-corrected chi connectivity index (χ3v) is 1.93. The summed E-state index contributed by atoms with van der Waals surface area (Å²) in [5.41, 5.74) is 0.402. The molecule has 0 aromatic carbocycles. The fraction of sp³-hybridized carbons (Fsp3) is 0.444. The molecule has 88 valence electrons. The van der Waals surface area contributed by atoms with E-state index in [2.05, 4.69) is 15.0 Å². The Morgan fingerprint density at radius 3 is 2.81 bits per heavy atom. The van der Waals surface area contributed by atoms with Gasteiger partial charge in [0.1, 0.15) is 0 Å². The monoisotopic (exact) mass is 228 g/mol. The topological polar surface area (TPSA) is 102 Å². The zero-order valence-corrected chi connectivity index (χ0v) is 8.89. The molecule has 1 heterocycles. The average molecular weight is 228 g/mol. The number of methoxy groups -OCH3 is 1. The third-order valence-electron chi connectivity index (χ3n) is 1.93. The molecule has 0 aliphatic carbocycles. The lowest BCUT2D eigenvalue weighted by atomic mass is 10.3. The first kappa shape index (κ1) is 12.2. The molecule has 16 heavy (non-hydrogen) atoms. The van der Waals surface area contributed by atoms with Gasteiger partial charge in [-0.05, 0) is 6.92 Å². The molecule has 0 fully saturated rings. The van der Waals surface area contributed by atoms with Gasteiger partial charge < -0.3 is 19.6 Å². The van der Waals surface area contributed by atoms with E-state index in [4.69, 9.17) is 9.52 Å². The highest BCUT2D eigenvalue weighted by Gasteiger charge is 2.23. The van der Waals surface area contributed by atoms with E-state index in [9.17, 15) is 9.59 Å². The van der Waals surface area contributed by atoms with Crippen molar-refractivity contribution in [1.29, 1.82) is 0 Å². The Labute approximate surface area is 91.4 Å². The number of rotatable bonds is 4. The van der Waals surface area contributed by atoms with Crippen molar-refractivity contribution in [3.05, 3.63) is 17.8 Å². The van der Waals surface area contributed by atoms with Crippen LogP contribution in [0.1, 0.15) is 16.2 Å². The molecule has 0 aliphatic rings. The minimum atomic E-state index is -1.11. The largest absolute Gasteiger partial charge is 0.467 e. The number of ether oxygens (including phenoxy) is 1. The number of nitrogens with one attached hydrogen (secondary N) is 1. The van der Waals surface area contributed by atoms with Crippen molar-refractivity contribution in [1.82, 2.24) is 10.3 Å². The van der Waals surface area contributed by atoms with Gasteiger partial charge in [0, 0.05) is 0 Å². The second kappa shape index (κ2) is 5.26. The van der Waals surface area contributed by atoms with Gasteiger partial charge in [-0.25, -0.2) is 9.78 Å². The highest BCUT2D eigenvalue weighted by atomic mass is 16.5. The van der Waals surface area contributed by atoms with E-state index in [1.807, 2.05) is 0 Å². The molecule has 1 atom stereocenters. The number of carbonyl (C=O) groups excluding carboxylic acids is 2. The molecule has 1 unspecified atom stereocenters. The number of aliphatic hydroxyl groups is 1. The lowest BCUT2D eigenvalue weighted by Crippen LogP contribution is -2.44. The van der Waals surface area contributed by atoms with E-state index in [0.29, 0.717) is 5.69 Å². The van der Waals surface area contributed by atoms with Crippen molar-refractivity contribution in [2.45, 2.75) is 13.0 Å². The Kier molecular flexibility index (Phi) is 4.01. The quantitative estimate of drug-likeness (QED) is 0.657. The summed E-state index contributed by atoms with van der Waals surface area (Å²) in [6.45, 7) is 1.04. The number of carbonyl (C=O) groups is 2. The summed E-state index contributed by atoms with van der Waals surface area (Å²) in [7, 11) is 1.16. The van der Waals surface area contributed by atoms with E-state index in [1.54, 1.807) is 6.92 Å². The third kappa shape index (κ3) is 2.57. The normalized spacial score (nSPS) is 11.9. The summed E-state index contributed by atoms with van der Waals surface area (Å²) < 4.78 is 9.22. The number of aryl methyl sites for hydroxylation is 1. The van der Waals surface area contributed by atoms with Crippen LogP contribution in [-0.4, -0.2) is 41.7 Å². The van der Waals surface area contributed by atoms with Crippen LogP contribution in [0.2, 0.25) is 0 Å². The SMILES string of the molecule is COC(=O)C(CO)NC(=O)c1ocnc1C. The standard InChI is InChI=1S/C9H12N2O5/c1-5-7(16-4-10-5)8(13)11-6(3-12)9(14)15-2/h4,6,12H,3H2,1-2H3,(H,11,13). The second-order valence-electron chi connectivity index (χ2n) is 3.00. The van der Waals surface area contributed by atoms with Crippen LogP contribution in [0.5, 0.6) is 0 Å². The van der Waals surface area contributed by atoms with E-state index in [-0.39, 0.29) is 5.76 Å². The van der Waals surface area contributed by atoms with Crippen LogP contribution in [0.4, 0.5) is 0 Å². The molecule has 0 saturated carbocycles. The van der Waals surface area contributed by atoms with Gasteiger partial charge in [0.25, 0.3) is 5.91 Å². The molecule has 1 rings (SSSR count). The van der Waals surface area contributed by atoms with Gasteiger partial charge in [-0.15, -0.1) is 0 Å². The average Bonchev–Trinajstić information content (AvgIpc) is 2.71. The maximum absolute atomic E-state index is 11.6. The second-order valence-corrected chi connectivity index (χ2v) is 3.00. The summed E-state index contributed by atoms with van der Waals surface area (Å²) in [6, 6.07) is -1.11. The van der Waals surface area contributed by atoms with E-state index < -0.39 is 24.5 Å². The van der Waals surface area contributed by atoms with Gasteiger partial charge in [-0.1, -0.05) is 0 Å². The minimum Gasteiger partial charge on any atom is -0.467 e.